The van der Waals surface area contributed by atoms with E-state index in [0.29, 0.717) is 5.69 Å². The number of nitrogens with one attached hydrogen (secondary N) is 1. The summed E-state index contributed by atoms with van der Waals surface area (Å²) in [6, 6.07) is 3.94. The molecule has 1 heterocycles. The first-order chi connectivity index (χ1) is 10.5. The summed E-state index contributed by atoms with van der Waals surface area (Å²) in [5, 5.41) is 1.75. The standard InChI is InChI=1S/C13H14N2O5S2/c1-19-12-5-10(3-4-11(12)13(16)20-2)22(17,18)15-6-9-7-21-8-14-9/h3-5,7-8,15H,6H2,1-2H3. The molecule has 0 spiro atoms. The molecule has 118 valence electrons. The monoisotopic (exact) mass is 342 g/mol. The lowest BCUT2D eigenvalue weighted by Crippen LogP contribution is -2.23. The van der Waals surface area contributed by atoms with Gasteiger partial charge in [0.2, 0.25) is 10.0 Å². The van der Waals surface area contributed by atoms with Crippen molar-refractivity contribution in [3.05, 3.63) is 40.3 Å². The molecule has 1 N–H and O–H groups in total. The molecule has 1 aromatic carbocycles. The molecule has 0 radical (unpaired) electrons. The Labute approximate surface area is 132 Å². The Morgan fingerprint density at radius 1 is 1.36 bits per heavy atom. The van der Waals surface area contributed by atoms with Crippen LogP contribution in [0, 0.1) is 0 Å². The van der Waals surface area contributed by atoms with Crippen molar-refractivity contribution in [3.8, 4) is 5.75 Å². The van der Waals surface area contributed by atoms with Crippen LogP contribution in [-0.4, -0.2) is 33.6 Å². The number of carbonyl (C=O) groups is 1. The van der Waals surface area contributed by atoms with Crippen LogP contribution in [0.25, 0.3) is 0 Å². The summed E-state index contributed by atoms with van der Waals surface area (Å²) in [4.78, 5) is 15.6. The van der Waals surface area contributed by atoms with Crippen molar-refractivity contribution in [3.63, 3.8) is 0 Å². The topological polar surface area (TPSA) is 94.6 Å². The van der Waals surface area contributed by atoms with Crippen molar-refractivity contribution >= 4 is 27.3 Å². The Morgan fingerprint density at radius 2 is 2.14 bits per heavy atom. The van der Waals surface area contributed by atoms with Crippen LogP contribution < -0.4 is 9.46 Å². The molecule has 0 aliphatic rings. The van der Waals surface area contributed by atoms with Gasteiger partial charge >= 0.3 is 5.97 Å². The number of hydrogen-bond acceptors (Lipinski definition) is 7. The minimum absolute atomic E-state index is 0.00719. The van der Waals surface area contributed by atoms with E-state index in [0.717, 1.165) is 0 Å². The molecule has 0 bridgehead atoms. The van der Waals surface area contributed by atoms with Crippen LogP contribution in [0.15, 0.2) is 34.0 Å². The molecule has 0 aliphatic heterocycles. The molecule has 2 aromatic rings. The molecule has 0 atom stereocenters. The molecule has 0 unspecified atom stereocenters. The maximum atomic E-state index is 12.2. The van der Waals surface area contributed by atoms with E-state index < -0.39 is 16.0 Å². The molecule has 7 nitrogen and oxygen atoms in total. The van der Waals surface area contributed by atoms with Crippen molar-refractivity contribution in [1.82, 2.24) is 9.71 Å². The molecule has 0 amide bonds. The third-order valence-electron chi connectivity index (χ3n) is 2.82. The zero-order chi connectivity index (χ0) is 16.2. The van der Waals surface area contributed by atoms with E-state index in [1.165, 1.54) is 43.8 Å². The summed E-state index contributed by atoms with van der Waals surface area (Å²) in [6.07, 6.45) is 0. The van der Waals surface area contributed by atoms with Gasteiger partial charge in [-0.05, 0) is 12.1 Å². The quantitative estimate of drug-likeness (QED) is 0.798. The first-order valence-electron chi connectivity index (χ1n) is 6.11. The second-order valence-electron chi connectivity index (χ2n) is 4.16. The zero-order valence-electron chi connectivity index (χ0n) is 11.9. The Morgan fingerprint density at radius 3 is 2.73 bits per heavy atom. The van der Waals surface area contributed by atoms with Gasteiger partial charge in [-0.25, -0.2) is 22.9 Å². The molecule has 0 saturated heterocycles. The minimum Gasteiger partial charge on any atom is -0.496 e. The summed E-state index contributed by atoms with van der Waals surface area (Å²) in [6.45, 7) is 0.0902. The first-order valence-corrected chi connectivity index (χ1v) is 8.53. The summed E-state index contributed by atoms with van der Waals surface area (Å²) < 4.78 is 36.6. The van der Waals surface area contributed by atoms with Gasteiger partial charge in [0, 0.05) is 11.4 Å². The van der Waals surface area contributed by atoms with Gasteiger partial charge in [0.15, 0.2) is 0 Å². The van der Waals surface area contributed by atoms with Crippen LogP contribution in [0.4, 0.5) is 0 Å². The van der Waals surface area contributed by atoms with Crippen LogP contribution in [0.5, 0.6) is 5.75 Å². The van der Waals surface area contributed by atoms with E-state index in [1.54, 1.807) is 10.9 Å². The number of methoxy groups -OCH3 is 2. The highest BCUT2D eigenvalue weighted by Gasteiger charge is 2.19. The van der Waals surface area contributed by atoms with Gasteiger partial charge in [-0.2, -0.15) is 0 Å². The number of hydrogen-bond donors (Lipinski definition) is 1. The molecule has 9 heteroatoms. The number of sulfonamides is 1. The molecule has 22 heavy (non-hydrogen) atoms. The van der Waals surface area contributed by atoms with E-state index in [-0.39, 0.29) is 22.8 Å². The normalized spacial score (nSPS) is 11.2. The lowest BCUT2D eigenvalue weighted by Gasteiger charge is -2.10. The number of aromatic nitrogens is 1. The summed E-state index contributed by atoms with van der Waals surface area (Å²) >= 11 is 1.38. The van der Waals surface area contributed by atoms with Gasteiger partial charge in [-0.1, -0.05) is 0 Å². The maximum Gasteiger partial charge on any atom is 0.341 e. The number of rotatable bonds is 6. The number of benzene rings is 1. The number of ether oxygens (including phenoxy) is 2. The number of thiazole rings is 1. The largest absolute Gasteiger partial charge is 0.496 e. The molecule has 0 aliphatic carbocycles. The van der Waals surface area contributed by atoms with E-state index >= 15 is 0 Å². The summed E-state index contributed by atoms with van der Waals surface area (Å²) in [7, 11) is -1.15. The fourth-order valence-electron chi connectivity index (χ4n) is 1.69. The molecule has 1 aromatic heterocycles. The lowest BCUT2D eigenvalue weighted by molar-refractivity contribution is 0.0597. The van der Waals surface area contributed by atoms with Crippen LogP contribution in [0.3, 0.4) is 0 Å². The van der Waals surface area contributed by atoms with Crippen molar-refractivity contribution in [2.24, 2.45) is 0 Å². The summed E-state index contributed by atoms with van der Waals surface area (Å²) in [5.41, 5.74) is 2.41. The predicted octanol–water partition coefficient (Wildman–Crippen LogP) is 1.42. The van der Waals surface area contributed by atoms with Crippen LogP contribution in [0.2, 0.25) is 0 Å². The minimum atomic E-state index is -3.74. The van der Waals surface area contributed by atoms with Crippen molar-refractivity contribution in [1.29, 1.82) is 0 Å². The number of nitrogens with zero attached hydrogens (tertiary/aromatic N) is 1. The number of carbonyl (C=O) groups excluding carboxylic acids is 1. The second-order valence-corrected chi connectivity index (χ2v) is 6.64. The van der Waals surface area contributed by atoms with E-state index in [1.807, 2.05) is 0 Å². The highest BCUT2D eigenvalue weighted by molar-refractivity contribution is 7.89. The van der Waals surface area contributed by atoms with Gasteiger partial charge in [-0.15, -0.1) is 11.3 Å². The van der Waals surface area contributed by atoms with Gasteiger partial charge < -0.3 is 9.47 Å². The van der Waals surface area contributed by atoms with Crippen molar-refractivity contribution in [2.45, 2.75) is 11.4 Å². The Kier molecular flexibility index (Phi) is 5.11. The third-order valence-corrected chi connectivity index (χ3v) is 4.85. The SMILES string of the molecule is COC(=O)c1ccc(S(=O)(=O)NCc2cscn2)cc1OC. The van der Waals surface area contributed by atoms with E-state index in [2.05, 4.69) is 14.4 Å². The van der Waals surface area contributed by atoms with Gasteiger partial charge in [0.25, 0.3) is 0 Å². The fourth-order valence-corrected chi connectivity index (χ4v) is 3.27. The molecule has 0 saturated carbocycles. The lowest BCUT2D eigenvalue weighted by atomic mass is 10.2. The Balaban J connectivity index is 2.25. The highest BCUT2D eigenvalue weighted by atomic mass is 32.2. The average molecular weight is 342 g/mol. The molecule has 0 fully saturated rings. The fraction of sp³-hybridized carbons (Fsp3) is 0.231. The zero-order valence-corrected chi connectivity index (χ0v) is 13.5. The van der Waals surface area contributed by atoms with Gasteiger partial charge in [-0.3, -0.25) is 0 Å². The third kappa shape index (κ3) is 3.62. The molecule has 2 rings (SSSR count). The molecular formula is C13H14N2O5S2. The Hall–Kier alpha value is -1.97. The van der Waals surface area contributed by atoms with Crippen LogP contribution >= 0.6 is 11.3 Å². The molecular weight excluding hydrogens is 328 g/mol. The van der Waals surface area contributed by atoms with E-state index in [4.69, 9.17) is 4.74 Å². The Bertz CT molecular complexity index is 757. The van der Waals surface area contributed by atoms with Crippen LogP contribution in [-0.2, 0) is 21.3 Å². The van der Waals surface area contributed by atoms with Gasteiger partial charge in [0.05, 0.1) is 36.9 Å². The second kappa shape index (κ2) is 6.86. The highest BCUT2D eigenvalue weighted by Crippen LogP contribution is 2.23. The van der Waals surface area contributed by atoms with Crippen LogP contribution in [0.1, 0.15) is 16.1 Å². The number of esters is 1. The van der Waals surface area contributed by atoms with Crippen molar-refractivity contribution < 1.29 is 22.7 Å². The first kappa shape index (κ1) is 16.4. The summed E-state index contributed by atoms with van der Waals surface area (Å²) in [5.74, 6) is -0.473. The van der Waals surface area contributed by atoms with Gasteiger partial charge in [0.1, 0.15) is 11.3 Å². The van der Waals surface area contributed by atoms with Crippen molar-refractivity contribution in [2.75, 3.05) is 14.2 Å². The van der Waals surface area contributed by atoms with E-state index in [9.17, 15) is 13.2 Å². The smallest absolute Gasteiger partial charge is 0.341 e. The maximum absolute atomic E-state index is 12.2. The average Bonchev–Trinajstić information content (AvgIpc) is 3.05. The predicted molar refractivity (Wildman–Crippen MR) is 80.5 cm³/mol.